The monoisotopic (exact) mass is 654 g/mol. The maximum Gasteiger partial charge on any atom is 0.0708 e. The molecule has 0 saturated heterocycles. The Kier molecular flexibility index (Phi) is 14.0. The lowest BCUT2D eigenvalue weighted by atomic mass is 9.88. The zero-order chi connectivity index (χ0) is 35.7. The SMILES string of the molecule is C/C=C\C.C/C=C\N.C=N/C(C)=C\C=C/C.c1ccc(-c2ccc3ccc4c(-c5ccc(-c6cccnc6)cc5)ccc5ccc2c3c54)nc1. The number of nitrogens with two attached hydrogens (primary N) is 1. The zero-order valence-electron chi connectivity index (χ0n) is 29.7. The number of hydrogen-bond acceptors (Lipinski definition) is 4. The number of allylic oxidation sites excluding steroid dienone is 7. The summed E-state index contributed by atoms with van der Waals surface area (Å²) in [5.74, 6) is 0. The number of nitrogens with zero attached hydrogens (tertiary/aromatic N) is 3. The fraction of sp³-hybridized carbons (Fsp3) is 0.109. The number of rotatable bonds is 5. The van der Waals surface area contributed by atoms with E-state index in [0.29, 0.717) is 0 Å². The highest BCUT2D eigenvalue weighted by molar-refractivity contribution is 6.27. The molecule has 5 aromatic carbocycles. The molecule has 0 radical (unpaired) electrons. The Balaban J connectivity index is 0.000000296. The fourth-order valence-electron chi connectivity index (χ4n) is 5.46. The van der Waals surface area contributed by atoms with Crippen molar-refractivity contribution < 1.29 is 0 Å². The van der Waals surface area contributed by atoms with Gasteiger partial charge in [-0.15, -0.1) is 0 Å². The molecule has 0 bridgehead atoms. The summed E-state index contributed by atoms with van der Waals surface area (Å²) in [7, 11) is 0. The molecule has 2 N–H and O–H groups in total. The molecule has 0 aliphatic heterocycles. The Labute approximate surface area is 297 Å². The van der Waals surface area contributed by atoms with Crippen LogP contribution in [0.3, 0.4) is 0 Å². The summed E-state index contributed by atoms with van der Waals surface area (Å²) in [6, 6.07) is 36.9. The van der Waals surface area contributed by atoms with Gasteiger partial charge in [0.05, 0.1) is 5.69 Å². The Hall–Kier alpha value is -6.13. The van der Waals surface area contributed by atoms with Crippen molar-refractivity contribution in [2.75, 3.05) is 0 Å². The molecule has 2 heterocycles. The number of aromatic nitrogens is 2. The van der Waals surface area contributed by atoms with Crippen molar-refractivity contribution >= 4 is 39.0 Å². The minimum Gasteiger partial charge on any atom is -0.405 e. The topological polar surface area (TPSA) is 64.2 Å². The molecule has 0 fully saturated rings. The minimum atomic E-state index is 0.947. The first-order chi connectivity index (χ1) is 24.5. The van der Waals surface area contributed by atoms with E-state index in [2.05, 4.69) is 107 Å². The van der Waals surface area contributed by atoms with Crippen molar-refractivity contribution in [1.82, 2.24) is 9.97 Å². The van der Waals surface area contributed by atoms with Gasteiger partial charge in [0.1, 0.15) is 0 Å². The Morgan fingerprint density at radius 2 is 1.22 bits per heavy atom. The van der Waals surface area contributed by atoms with Crippen LogP contribution in [0.15, 0.2) is 175 Å². The maximum atomic E-state index is 4.85. The number of aliphatic imine (C=N–C) groups is 1. The van der Waals surface area contributed by atoms with E-state index in [9.17, 15) is 0 Å². The van der Waals surface area contributed by atoms with Crippen molar-refractivity contribution in [1.29, 1.82) is 0 Å². The second-order valence-corrected chi connectivity index (χ2v) is 11.4. The van der Waals surface area contributed by atoms with Crippen LogP contribution in [-0.2, 0) is 0 Å². The number of benzene rings is 5. The van der Waals surface area contributed by atoms with Crippen LogP contribution in [0.4, 0.5) is 0 Å². The quantitative estimate of drug-likeness (QED) is 0.0869. The molecule has 0 aliphatic rings. The van der Waals surface area contributed by atoms with Crippen LogP contribution in [0.25, 0.3) is 65.8 Å². The van der Waals surface area contributed by atoms with Crippen LogP contribution in [-0.4, -0.2) is 16.7 Å². The van der Waals surface area contributed by atoms with Crippen LogP contribution in [0.5, 0.6) is 0 Å². The summed E-state index contributed by atoms with van der Waals surface area (Å²) in [5, 5.41) is 7.69. The molecule has 7 aromatic rings. The minimum absolute atomic E-state index is 0.947. The highest BCUT2D eigenvalue weighted by Gasteiger charge is 2.15. The van der Waals surface area contributed by atoms with E-state index in [-0.39, 0.29) is 0 Å². The molecule has 4 nitrogen and oxygen atoms in total. The van der Waals surface area contributed by atoms with Crippen molar-refractivity contribution in [3.05, 3.63) is 170 Å². The molecule has 0 spiro atoms. The van der Waals surface area contributed by atoms with Crippen molar-refractivity contribution in [2.24, 2.45) is 10.7 Å². The average Bonchev–Trinajstić information content (AvgIpc) is 3.20. The van der Waals surface area contributed by atoms with Gasteiger partial charge in [0, 0.05) is 29.9 Å². The summed E-state index contributed by atoms with van der Waals surface area (Å²) in [4.78, 5) is 12.6. The third-order valence-corrected chi connectivity index (χ3v) is 8.10. The zero-order valence-corrected chi connectivity index (χ0v) is 29.7. The molecule has 0 atom stereocenters. The standard InChI is InChI=1S/C32H20N2.C7H11N.C4H8.C3H7N/c1-2-19-34-30(5-1)27-15-11-24-12-16-28-26(14-10-23-13-17-29(27)32(24)31(23)28)22-8-6-21(7-9-22)25-4-3-18-33-20-25;1-4-5-6-7(2)8-3;1-3-4-2;1-2-3-4/h1-20H;4-6H,3H2,1-2H3;3-4H,1-2H3;2-3H,4H2,1H3/b;5-4-,7-6-;4-3-;3-2-. The van der Waals surface area contributed by atoms with E-state index in [0.717, 1.165) is 17.0 Å². The molecule has 0 aliphatic carbocycles. The first-order valence-electron chi connectivity index (χ1n) is 16.8. The smallest absolute Gasteiger partial charge is 0.0708 e. The number of hydrogen-bond donors (Lipinski definition) is 1. The van der Waals surface area contributed by atoms with Gasteiger partial charge in [-0.3, -0.25) is 15.0 Å². The molecule has 4 heteroatoms. The molecule has 7 rings (SSSR count). The van der Waals surface area contributed by atoms with Gasteiger partial charge in [0.15, 0.2) is 0 Å². The molecular formula is C46H46N4. The highest BCUT2D eigenvalue weighted by atomic mass is 14.7. The largest absolute Gasteiger partial charge is 0.405 e. The molecule has 250 valence electrons. The third-order valence-electron chi connectivity index (χ3n) is 8.10. The van der Waals surface area contributed by atoms with Gasteiger partial charge in [0.25, 0.3) is 0 Å². The van der Waals surface area contributed by atoms with Crippen LogP contribution in [0.2, 0.25) is 0 Å². The van der Waals surface area contributed by atoms with Gasteiger partial charge >= 0.3 is 0 Å². The van der Waals surface area contributed by atoms with Crippen LogP contribution in [0, 0.1) is 0 Å². The third kappa shape index (κ3) is 9.06. The predicted octanol–water partition coefficient (Wildman–Crippen LogP) is 12.6. The van der Waals surface area contributed by atoms with Crippen molar-refractivity contribution in [3.8, 4) is 33.5 Å². The molecule has 2 aromatic heterocycles. The van der Waals surface area contributed by atoms with E-state index in [1.54, 1.807) is 6.08 Å². The lowest BCUT2D eigenvalue weighted by Crippen LogP contribution is -1.90. The van der Waals surface area contributed by atoms with Gasteiger partial charge in [-0.1, -0.05) is 115 Å². The van der Waals surface area contributed by atoms with Gasteiger partial charge in [-0.2, -0.15) is 0 Å². The lowest BCUT2D eigenvalue weighted by Gasteiger charge is -2.16. The van der Waals surface area contributed by atoms with E-state index in [1.807, 2.05) is 102 Å². The maximum absolute atomic E-state index is 4.85. The molecule has 0 unspecified atom stereocenters. The molecule has 0 saturated carbocycles. The average molecular weight is 655 g/mol. The van der Waals surface area contributed by atoms with E-state index >= 15 is 0 Å². The lowest BCUT2D eigenvalue weighted by molar-refractivity contribution is 1.33. The van der Waals surface area contributed by atoms with Gasteiger partial charge in [0.2, 0.25) is 0 Å². The fourth-order valence-corrected chi connectivity index (χ4v) is 5.46. The second kappa shape index (κ2) is 19.0. The molecule has 0 amide bonds. The van der Waals surface area contributed by atoms with Crippen LogP contribution >= 0.6 is 0 Å². The molecular weight excluding hydrogens is 609 g/mol. The predicted molar refractivity (Wildman–Crippen MR) is 220 cm³/mol. The summed E-state index contributed by atoms with van der Waals surface area (Å²) >= 11 is 0. The first-order valence-corrected chi connectivity index (χ1v) is 16.8. The summed E-state index contributed by atoms with van der Waals surface area (Å²) in [5.41, 5.74) is 12.8. The number of pyridine rings is 2. The van der Waals surface area contributed by atoms with E-state index in [4.69, 9.17) is 5.73 Å². The highest BCUT2D eigenvalue weighted by Crippen LogP contribution is 2.42. The van der Waals surface area contributed by atoms with E-state index in [1.165, 1.54) is 60.8 Å². The summed E-state index contributed by atoms with van der Waals surface area (Å²) in [6.07, 6.45) is 18.7. The van der Waals surface area contributed by atoms with Crippen LogP contribution in [0.1, 0.15) is 34.6 Å². The van der Waals surface area contributed by atoms with E-state index < -0.39 is 0 Å². The Morgan fingerprint density at radius 1 is 0.620 bits per heavy atom. The van der Waals surface area contributed by atoms with Crippen molar-refractivity contribution in [2.45, 2.75) is 34.6 Å². The van der Waals surface area contributed by atoms with Gasteiger partial charge < -0.3 is 5.73 Å². The molecule has 50 heavy (non-hydrogen) atoms. The second-order valence-electron chi connectivity index (χ2n) is 11.4. The summed E-state index contributed by atoms with van der Waals surface area (Å²) in [6.45, 7) is 13.1. The van der Waals surface area contributed by atoms with Gasteiger partial charge in [-0.05, 0) is 126 Å². The summed E-state index contributed by atoms with van der Waals surface area (Å²) < 4.78 is 0. The van der Waals surface area contributed by atoms with Gasteiger partial charge in [-0.25, -0.2) is 0 Å². The Bertz CT molecular complexity index is 2190. The normalized spacial score (nSPS) is 11.3. The Morgan fingerprint density at radius 3 is 1.74 bits per heavy atom. The van der Waals surface area contributed by atoms with Crippen LogP contribution < -0.4 is 5.73 Å². The van der Waals surface area contributed by atoms with Crippen molar-refractivity contribution in [3.63, 3.8) is 0 Å². The first kappa shape index (κ1) is 36.7.